The van der Waals surface area contributed by atoms with Gasteiger partial charge in [0.25, 0.3) is 5.91 Å². The number of alkyl halides is 3. The van der Waals surface area contributed by atoms with Crippen molar-refractivity contribution in [1.29, 1.82) is 0 Å². The molecule has 0 bridgehead atoms. The average molecular weight is 388 g/mol. The highest BCUT2D eigenvalue weighted by Gasteiger charge is 2.35. The number of nitrogens with zero attached hydrogens (tertiary/aromatic N) is 3. The van der Waals surface area contributed by atoms with Crippen molar-refractivity contribution in [3.05, 3.63) is 59.0 Å². The molecule has 1 aromatic carbocycles. The Hall–Kier alpha value is -3.38. The molecule has 9 heteroatoms. The van der Waals surface area contributed by atoms with Crippen LogP contribution in [0.15, 0.2) is 36.5 Å². The number of nitrogens with one attached hydrogen (secondary N) is 1. The van der Waals surface area contributed by atoms with Gasteiger partial charge in [0, 0.05) is 24.1 Å². The van der Waals surface area contributed by atoms with Gasteiger partial charge in [0.05, 0.1) is 6.20 Å². The summed E-state index contributed by atoms with van der Waals surface area (Å²) in [5, 5.41) is 6.31. The molecule has 0 fully saturated rings. The topological polar surface area (TPSA) is 68.5 Å². The SMILES string of the molecule is COCC#Cc1ccc(NC(=O)c2cnn3c(C(F)(F)F)cc(C)nc23)cc1. The lowest BCUT2D eigenvalue weighted by atomic mass is 10.2. The number of benzene rings is 1. The first-order valence-electron chi connectivity index (χ1n) is 8.11. The number of carbonyl (C=O) groups excluding carboxylic acids is 1. The Morgan fingerprint density at radius 1 is 1.29 bits per heavy atom. The molecule has 0 saturated carbocycles. The number of methoxy groups -OCH3 is 1. The number of carbonyl (C=O) groups is 1. The van der Waals surface area contributed by atoms with Crippen LogP contribution >= 0.6 is 0 Å². The zero-order valence-corrected chi connectivity index (χ0v) is 15.0. The quantitative estimate of drug-likeness (QED) is 0.699. The number of hydrogen-bond donors (Lipinski definition) is 1. The number of rotatable bonds is 3. The minimum Gasteiger partial charge on any atom is -0.372 e. The van der Waals surface area contributed by atoms with Crippen LogP contribution in [0.4, 0.5) is 18.9 Å². The maximum Gasteiger partial charge on any atom is 0.433 e. The number of fused-ring (bicyclic) bond motifs is 1. The van der Waals surface area contributed by atoms with Gasteiger partial charge in [-0.05, 0) is 37.3 Å². The Kier molecular flexibility index (Phi) is 5.33. The van der Waals surface area contributed by atoms with E-state index in [1.165, 1.54) is 6.92 Å². The molecule has 3 aromatic rings. The Labute approximate surface area is 158 Å². The van der Waals surface area contributed by atoms with Crippen LogP contribution in [0.3, 0.4) is 0 Å². The third kappa shape index (κ3) is 4.13. The van der Waals surface area contributed by atoms with Gasteiger partial charge < -0.3 is 10.1 Å². The van der Waals surface area contributed by atoms with Crippen LogP contribution in [0, 0.1) is 18.8 Å². The largest absolute Gasteiger partial charge is 0.433 e. The van der Waals surface area contributed by atoms with Crippen molar-refractivity contribution < 1.29 is 22.7 Å². The summed E-state index contributed by atoms with van der Waals surface area (Å²) in [6, 6.07) is 7.57. The minimum absolute atomic E-state index is 0.0573. The van der Waals surface area contributed by atoms with Crippen molar-refractivity contribution in [3.8, 4) is 11.8 Å². The summed E-state index contributed by atoms with van der Waals surface area (Å²) in [5.41, 5.74) is 0.120. The van der Waals surface area contributed by atoms with Crippen molar-refractivity contribution in [2.45, 2.75) is 13.1 Å². The highest BCUT2D eigenvalue weighted by molar-refractivity contribution is 6.08. The van der Waals surface area contributed by atoms with E-state index in [1.54, 1.807) is 31.4 Å². The second-order valence-electron chi connectivity index (χ2n) is 5.84. The van der Waals surface area contributed by atoms with Gasteiger partial charge in [-0.15, -0.1) is 0 Å². The third-order valence-corrected chi connectivity index (χ3v) is 3.73. The van der Waals surface area contributed by atoms with E-state index in [0.717, 1.165) is 17.8 Å². The first-order chi connectivity index (χ1) is 13.3. The Morgan fingerprint density at radius 3 is 2.64 bits per heavy atom. The predicted octanol–water partition coefficient (Wildman–Crippen LogP) is 3.31. The fourth-order valence-corrected chi connectivity index (χ4v) is 2.49. The molecular weight excluding hydrogens is 373 g/mol. The van der Waals surface area contributed by atoms with Crippen molar-refractivity contribution in [2.24, 2.45) is 0 Å². The molecule has 0 aliphatic heterocycles. The molecule has 1 N–H and O–H groups in total. The summed E-state index contributed by atoms with van der Waals surface area (Å²) >= 11 is 0. The molecule has 0 spiro atoms. The molecule has 1 amide bonds. The van der Waals surface area contributed by atoms with Crippen LogP contribution < -0.4 is 5.32 Å². The van der Waals surface area contributed by atoms with E-state index in [2.05, 4.69) is 27.2 Å². The number of anilines is 1. The Bertz CT molecular complexity index is 1080. The van der Waals surface area contributed by atoms with Crippen LogP contribution in [-0.4, -0.2) is 34.2 Å². The van der Waals surface area contributed by atoms with Gasteiger partial charge in [-0.3, -0.25) is 4.79 Å². The third-order valence-electron chi connectivity index (χ3n) is 3.73. The summed E-state index contributed by atoms with van der Waals surface area (Å²) in [4.78, 5) is 16.6. The monoisotopic (exact) mass is 388 g/mol. The van der Waals surface area contributed by atoms with E-state index in [9.17, 15) is 18.0 Å². The lowest BCUT2D eigenvalue weighted by molar-refractivity contribution is -0.142. The lowest BCUT2D eigenvalue weighted by Gasteiger charge is -2.10. The Balaban J connectivity index is 1.87. The van der Waals surface area contributed by atoms with Crippen LogP contribution in [0.25, 0.3) is 5.65 Å². The predicted molar refractivity (Wildman–Crippen MR) is 95.9 cm³/mol. The van der Waals surface area contributed by atoms with Crippen molar-refractivity contribution in [3.63, 3.8) is 0 Å². The van der Waals surface area contributed by atoms with Crippen molar-refractivity contribution in [2.75, 3.05) is 19.0 Å². The van der Waals surface area contributed by atoms with Crippen LogP contribution in [-0.2, 0) is 10.9 Å². The number of ether oxygens (including phenoxy) is 1. The molecule has 144 valence electrons. The molecule has 2 heterocycles. The molecule has 3 rings (SSSR count). The molecular formula is C19H15F3N4O2. The van der Waals surface area contributed by atoms with Crippen LogP contribution in [0.2, 0.25) is 0 Å². The Morgan fingerprint density at radius 2 is 2.00 bits per heavy atom. The molecule has 0 aliphatic rings. The normalized spacial score (nSPS) is 11.2. The van der Waals surface area contributed by atoms with Gasteiger partial charge in [0.15, 0.2) is 5.65 Å². The summed E-state index contributed by atoms with van der Waals surface area (Å²) in [7, 11) is 1.54. The van der Waals surface area contributed by atoms with E-state index < -0.39 is 17.8 Å². The van der Waals surface area contributed by atoms with Gasteiger partial charge in [-0.25, -0.2) is 9.50 Å². The summed E-state index contributed by atoms with van der Waals surface area (Å²) in [6.45, 7) is 1.73. The van der Waals surface area contributed by atoms with E-state index in [1.807, 2.05) is 0 Å². The van der Waals surface area contributed by atoms with Gasteiger partial charge in [0.1, 0.15) is 17.9 Å². The van der Waals surface area contributed by atoms with E-state index >= 15 is 0 Å². The number of aryl methyl sites for hydroxylation is 1. The van der Waals surface area contributed by atoms with Crippen molar-refractivity contribution >= 4 is 17.2 Å². The highest BCUT2D eigenvalue weighted by atomic mass is 19.4. The zero-order chi connectivity index (χ0) is 20.3. The van der Waals surface area contributed by atoms with Crippen LogP contribution in [0.5, 0.6) is 0 Å². The van der Waals surface area contributed by atoms with Gasteiger partial charge >= 0.3 is 6.18 Å². The molecule has 0 radical (unpaired) electrons. The molecule has 0 unspecified atom stereocenters. The summed E-state index contributed by atoms with van der Waals surface area (Å²) in [5.74, 6) is 5.08. The second-order valence-corrected chi connectivity index (χ2v) is 5.84. The first kappa shape index (κ1) is 19.4. The fraction of sp³-hybridized carbons (Fsp3) is 0.211. The van der Waals surface area contributed by atoms with E-state index in [4.69, 9.17) is 4.74 Å². The molecule has 2 aromatic heterocycles. The number of amides is 1. The molecule has 6 nitrogen and oxygen atoms in total. The van der Waals surface area contributed by atoms with E-state index in [0.29, 0.717) is 16.8 Å². The molecule has 0 atom stereocenters. The molecule has 28 heavy (non-hydrogen) atoms. The van der Waals surface area contributed by atoms with Gasteiger partial charge in [-0.2, -0.15) is 18.3 Å². The minimum atomic E-state index is -4.62. The number of aromatic nitrogens is 3. The first-order valence-corrected chi connectivity index (χ1v) is 8.11. The molecule has 0 saturated heterocycles. The maximum atomic E-state index is 13.2. The van der Waals surface area contributed by atoms with Gasteiger partial charge in [-0.1, -0.05) is 11.8 Å². The summed E-state index contributed by atoms with van der Waals surface area (Å²) in [6.07, 6.45) is -3.55. The lowest BCUT2D eigenvalue weighted by Crippen LogP contribution is -2.15. The number of halogens is 3. The summed E-state index contributed by atoms with van der Waals surface area (Å²) < 4.78 is 45.0. The van der Waals surface area contributed by atoms with Crippen molar-refractivity contribution in [1.82, 2.24) is 14.6 Å². The zero-order valence-electron chi connectivity index (χ0n) is 15.0. The number of hydrogen-bond acceptors (Lipinski definition) is 4. The highest BCUT2D eigenvalue weighted by Crippen LogP contribution is 2.30. The maximum absolute atomic E-state index is 13.2. The standard InChI is InChI=1S/C19H15F3N4O2/c1-12-10-16(19(20,21)22)26-17(24-12)15(11-23-26)18(27)25-14-7-5-13(6-8-14)4-3-9-28-2/h5-8,10-11H,9H2,1-2H3,(H,25,27). The fourth-order valence-electron chi connectivity index (χ4n) is 2.49. The van der Waals surface area contributed by atoms with Gasteiger partial charge in [0.2, 0.25) is 0 Å². The smallest absolute Gasteiger partial charge is 0.372 e. The second kappa shape index (κ2) is 7.70. The average Bonchev–Trinajstić information content (AvgIpc) is 3.05. The van der Waals surface area contributed by atoms with E-state index in [-0.39, 0.29) is 16.9 Å². The van der Waals surface area contributed by atoms with Crippen LogP contribution in [0.1, 0.15) is 27.3 Å². The molecule has 0 aliphatic carbocycles.